The lowest BCUT2D eigenvalue weighted by Crippen LogP contribution is -2.14. The van der Waals surface area contributed by atoms with E-state index in [-0.39, 0.29) is 29.3 Å². The van der Waals surface area contributed by atoms with Crippen molar-refractivity contribution in [1.29, 1.82) is 0 Å². The molecule has 0 unspecified atom stereocenters. The molecule has 0 saturated heterocycles. The van der Waals surface area contributed by atoms with Crippen LogP contribution in [0.3, 0.4) is 0 Å². The molecule has 0 heterocycles. The molecule has 1 N–H and O–H groups in total. The standard InChI is InChI=1S/C20H21F4NO2/c1-4-13-10-15(20(22,23)24)18(9-12(13)3)27-11-14-16(21)7-6-8-17(14)25-19(26)5-2/h6-10H,4-5,11H2,1-3H3,(H,25,26). The molecule has 2 rings (SSSR count). The lowest BCUT2D eigenvalue weighted by molar-refractivity contribution is -0.139. The van der Waals surface area contributed by atoms with Gasteiger partial charge in [-0.15, -0.1) is 0 Å². The second kappa shape index (κ2) is 8.41. The van der Waals surface area contributed by atoms with Crippen molar-refractivity contribution in [1.82, 2.24) is 0 Å². The Morgan fingerprint density at radius 1 is 1.19 bits per heavy atom. The fourth-order valence-corrected chi connectivity index (χ4v) is 2.66. The second-order valence-electron chi connectivity index (χ2n) is 6.08. The first-order valence-electron chi connectivity index (χ1n) is 8.58. The second-order valence-corrected chi connectivity index (χ2v) is 6.08. The summed E-state index contributed by atoms with van der Waals surface area (Å²) in [4.78, 5) is 11.6. The molecule has 0 saturated carbocycles. The summed E-state index contributed by atoms with van der Waals surface area (Å²) in [7, 11) is 0. The van der Waals surface area contributed by atoms with Gasteiger partial charge in [-0.25, -0.2) is 4.39 Å². The minimum absolute atomic E-state index is 0.00959. The van der Waals surface area contributed by atoms with Crippen LogP contribution in [-0.4, -0.2) is 5.91 Å². The van der Waals surface area contributed by atoms with Crippen LogP contribution in [0.1, 0.15) is 42.5 Å². The molecule has 0 radical (unpaired) electrons. The van der Waals surface area contributed by atoms with Gasteiger partial charge in [0.25, 0.3) is 0 Å². The van der Waals surface area contributed by atoms with Gasteiger partial charge in [0.1, 0.15) is 18.2 Å². The van der Waals surface area contributed by atoms with Gasteiger partial charge in [0, 0.05) is 12.0 Å². The van der Waals surface area contributed by atoms with Crippen LogP contribution in [0, 0.1) is 12.7 Å². The first-order chi connectivity index (χ1) is 12.7. The van der Waals surface area contributed by atoms with Crippen molar-refractivity contribution in [2.75, 3.05) is 5.32 Å². The predicted molar refractivity (Wildman–Crippen MR) is 95.2 cm³/mol. The van der Waals surface area contributed by atoms with E-state index < -0.39 is 24.2 Å². The number of alkyl halides is 3. The molecule has 146 valence electrons. The molecule has 0 aromatic heterocycles. The molecule has 2 aromatic carbocycles. The Balaban J connectivity index is 2.37. The van der Waals surface area contributed by atoms with E-state index in [0.29, 0.717) is 17.5 Å². The third-order valence-electron chi connectivity index (χ3n) is 4.21. The summed E-state index contributed by atoms with van der Waals surface area (Å²) >= 11 is 0. The Hall–Kier alpha value is -2.57. The molecular weight excluding hydrogens is 362 g/mol. The number of carbonyl (C=O) groups excluding carboxylic acids is 1. The van der Waals surface area contributed by atoms with Gasteiger partial charge in [0.15, 0.2) is 0 Å². The van der Waals surface area contributed by atoms with E-state index in [0.717, 1.165) is 12.1 Å². The highest BCUT2D eigenvalue weighted by molar-refractivity contribution is 5.91. The lowest BCUT2D eigenvalue weighted by Gasteiger charge is -2.18. The van der Waals surface area contributed by atoms with Crippen molar-refractivity contribution in [3.05, 3.63) is 58.4 Å². The SMILES string of the molecule is CCC(=O)Nc1cccc(F)c1COc1cc(C)c(CC)cc1C(F)(F)F. The van der Waals surface area contributed by atoms with Crippen LogP contribution in [0.2, 0.25) is 0 Å². The van der Waals surface area contributed by atoms with E-state index >= 15 is 0 Å². The summed E-state index contributed by atoms with van der Waals surface area (Å²) in [5.41, 5.74) is 0.493. The number of halogens is 4. The number of ether oxygens (including phenoxy) is 1. The van der Waals surface area contributed by atoms with Crippen molar-refractivity contribution >= 4 is 11.6 Å². The number of amides is 1. The molecule has 1 amide bonds. The molecule has 0 bridgehead atoms. The highest BCUT2D eigenvalue weighted by Crippen LogP contribution is 2.38. The van der Waals surface area contributed by atoms with E-state index in [2.05, 4.69) is 5.32 Å². The van der Waals surface area contributed by atoms with Crippen molar-refractivity contribution in [3.8, 4) is 5.75 Å². The average Bonchev–Trinajstić information content (AvgIpc) is 2.60. The molecule has 0 fully saturated rings. The van der Waals surface area contributed by atoms with E-state index in [9.17, 15) is 22.4 Å². The van der Waals surface area contributed by atoms with Crippen LogP contribution in [-0.2, 0) is 24.0 Å². The number of anilines is 1. The van der Waals surface area contributed by atoms with E-state index in [1.807, 2.05) is 0 Å². The van der Waals surface area contributed by atoms with Gasteiger partial charge in [-0.3, -0.25) is 4.79 Å². The number of rotatable bonds is 6. The number of carbonyl (C=O) groups is 1. The molecule has 2 aromatic rings. The highest BCUT2D eigenvalue weighted by Gasteiger charge is 2.35. The molecule has 0 aliphatic rings. The average molecular weight is 383 g/mol. The Morgan fingerprint density at radius 2 is 1.89 bits per heavy atom. The van der Waals surface area contributed by atoms with Gasteiger partial charge >= 0.3 is 6.18 Å². The molecule has 27 heavy (non-hydrogen) atoms. The normalized spacial score (nSPS) is 11.4. The molecule has 0 atom stereocenters. The Labute approximate surface area is 155 Å². The molecule has 0 spiro atoms. The number of hydrogen-bond donors (Lipinski definition) is 1. The zero-order chi connectivity index (χ0) is 20.2. The molecule has 0 aliphatic carbocycles. The zero-order valence-corrected chi connectivity index (χ0v) is 15.3. The smallest absolute Gasteiger partial charge is 0.419 e. The number of hydrogen-bond acceptors (Lipinski definition) is 2. The van der Waals surface area contributed by atoms with Crippen molar-refractivity contribution in [3.63, 3.8) is 0 Å². The van der Waals surface area contributed by atoms with Crippen LogP contribution in [0.5, 0.6) is 5.75 Å². The van der Waals surface area contributed by atoms with Gasteiger partial charge < -0.3 is 10.1 Å². The summed E-state index contributed by atoms with van der Waals surface area (Å²) in [6.45, 7) is 4.66. The maximum Gasteiger partial charge on any atom is 0.419 e. The number of aryl methyl sites for hydroxylation is 2. The van der Waals surface area contributed by atoms with Crippen LogP contribution in [0.25, 0.3) is 0 Å². The first kappa shape index (κ1) is 20.7. The summed E-state index contributed by atoms with van der Waals surface area (Å²) in [5, 5.41) is 2.53. The number of nitrogens with one attached hydrogen (secondary N) is 1. The third-order valence-corrected chi connectivity index (χ3v) is 4.21. The van der Waals surface area contributed by atoms with Gasteiger partial charge in [-0.05, 0) is 48.7 Å². The van der Waals surface area contributed by atoms with Crippen LogP contribution < -0.4 is 10.1 Å². The first-order valence-corrected chi connectivity index (χ1v) is 8.58. The summed E-state index contributed by atoms with van der Waals surface area (Å²) in [5.74, 6) is -1.37. The van der Waals surface area contributed by atoms with Crippen LogP contribution >= 0.6 is 0 Å². The largest absolute Gasteiger partial charge is 0.488 e. The minimum Gasteiger partial charge on any atom is -0.488 e. The summed E-state index contributed by atoms with van der Waals surface area (Å²) in [6, 6.07) is 6.42. The van der Waals surface area contributed by atoms with E-state index in [4.69, 9.17) is 4.74 Å². The fourth-order valence-electron chi connectivity index (χ4n) is 2.66. The summed E-state index contributed by atoms with van der Waals surface area (Å²) in [6.07, 6.45) is -3.95. The molecule has 0 aliphatic heterocycles. The van der Waals surface area contributed by atoms with Crippen molar-refractivity contribution in [2.45, 2.75) is 46.4 Å². The van der Waals surface area contributed by atoms with E-state index in [1.165, 1.54) is 18.2 Å². The van der Waals surface area contributed by atoms with E-state index in [1.54, 1.807) is 20.8 Å². The van der Waals surface area contributed by atoms with Crippen molar-refractivity contribution in [2.24, 2.45) is 0 Å². The predicted octanol–water partition coefficient (Wildman–Crippen LogP) is 5.64. The Bertz CT molecular complexity index is 831. The van der Waals surface area contributed by atoms with Gasteiger partial charge in [0.2, 0.25) is 5.91 Å². The fraction of sp³-hybridized carbons (Fsp3) is 0.350. The number of benzene rings is 2. The topological polar surface area (TPSA) is 38.3 Å². The minimum atomic E-state index is -4.60. The molecular formula is C20H21F4NO2. The zero-order valence-electron chi connectivity index (χ0n) is 15.3. The van der Waals surface area contributed by atoms with Gasteiger partial charge in [-0.1, -0.05) is 19.9 Å². The Morgan fingerprint density at radius 3 is 2.48 bits per heavy atom. The maximum absolute atomic E-state index is 14.2. The monoisotopic (exact) mass is 383 g/mol. The lowest BCUT2D eigenvalue weighted by atomic mass is 10.0. The highest BCUT2D eigenvalue weighted by atomic mass is 19.4. The van der Waals surface area contributed by atoms with Crippen molar-refractivity contribution < 1.29 is 27.1 Å². The van der Waals surface area contributed by atoms with Crippen LogP contribution in [0.4, 0.5) is 23.2 Å². The summed E-state index contributed by atoms with van der Waals surface area (Å²) < 4.78 is 59.7. The van der Waals surface area contributed by atoms with Gasteiger partial charge in [-0.2, -0.15) is 13.2 Å². The maximum atomic E-state index is 14.2. The quantitative estimate of drug-likeness (QED) is 0.656. The molecule has 7 heteroatoms. The van der Waals surface area contributed by atoms with Gasteiger partial charge in [0.05, 0.1) is 11.3 Å². The molecule has 3 nitrogen and oxygen atoms in total. The third kappa shape index (κ3) is 4.99. The Kier molecular flexibility index (Phi) is 6.46. The van der Waals surface area contributed by atoms with Crippen LogP contribution in [0.15, 0.2) is 30.3 Å².